The minimum Gasteiger partial charge on any atom is -0.240 e. The summed E-state index contributed by atoms with van der Waals surface area (Å²) in [5, 5.41) is -0.255. The van der Waals surface area contributed by atoms with Gasteiger partial charge in [-0.25, -0.2) is 17.8 Å². The molecule has 0 N–H and O–H groups in total. The third kappa shape index (κ3) is 2.89. The molecule has 0 fully saturated rings. The first-order chi connectivity index (χ1) is 6.62. The van der Waals surface area contributed by atoms with Crippen LogP contribution in [0.25, 0.3) is 0 Å². The number of nitrogens with zero attached hydrogens (tertiary/aromatic N) is 1. The molecule has 1 heterocycles. The molecule has 0 aliphatic heterocycles. The molecule has 15 heavy (non-hydrogen) atoms. The number of hydrogen-bond donors (Lipinski definition) is 0. The van der Waals surface area contributed by atoms with Gasteiger partial charge >= 0.3 is 0 Å². The molecule has 0 bridgehead atoms. The van der Waals surface area contributed by atoms with E-state index in [9.17, 15) is 12.8 Å². The molecule has 0 unspecified atom stereocenters. The molecule has 3 nitrogen and oxygen atoms in total. The van der Waals surface area contributed by atoms with Crippen LogP contribution in [-0.4, -0.2) is 13.4 Å². The van der Waals surface area contributed by atoms with Crippen molar-refractivity contribution in [2.24, 2.45) is 0 Å². The van der Waals surface area contributed by atoms with Crippen LogP contribution >= 0.6 is 10.7 Å². The summed E-state index contributed by atoms with van der Waals surface area (Å²) >= 11 is 0. The lowest BCUT2D eigenvalue weighted by molar-refractivity contribution is 0.219. The Balaban J connectivity index is 3.34. The molecule has 6 heteroatoms. The van der Waals surface area contributed by atoms with Crippen molar-refractivity contribution in [1.82, 2.24) is 4.98 Å². The number of hydrogen-bond acceptors (Lipinski definition) is 3. The average molecular weight is 252 g/mol. The lowest BCUT2D eigenvalue weighted by Gasteiger charge is -2.16. The van der Waals surface area contributed by atoms with Crippen molar-refractivity contribution in [2.45, 2.75) is 31.5 Å². The molecule has 84 valence electrons. The molecule has 0 aliphatic carbocycles. The van der Waals surface area contributed by atoms with Crippen molar-refractivity contribution in [2.75, 3.05) is 0 Å². The molecule has 0 aromatic carbocycles. The van der Waals surface area contributed by atoms with Gasteiger partial charge in [-0.15, -0.1) is 0 Å². The Labute approximate surface area is 92.7 Å². The molecular weight excluding hydrogens is 241 g/mol. The highest BCUT2D eigenvalue weighted by atomic mass is 35.7. The van der Waals surface area contributed by atoms with Crippen molar-refractivity contribution in [3.8, 4) is 0 Å². The van der Waals surface area contributed by atoms with Crippen LogP contribution in [0.3, 0.4) is 0 Å². The zero-order valence-corrected chi connectivity index (χ0v) is 10.2. The summed E-state index contributed by atoms with van der Waals surface area (Å²) in [7, 11) is 1.26. The normalized spacial score (nSPS) is 12.9. The molecule has 0 spiro atoms. The van der Waals surface area contributed by atoms with Crippen LogP contribution in [0.2, 0.25) is 0 Å². The van der Waals surface area contributed by atoms with Gasteiger partial charge < -0.3 is 0 Å². The zero-order valence-electron chi connectivity index (χ0n) is 8.58. The van der Waals surface area contributed by atoms with E-state index in [-0.39, 0.29) is 5.03 Å². The first kappa shape index (κ1) is 12.4. The second-order valence-corrected chi connectivity index (χ2v) is 6.21. The molecule has 1 aromatic rings. The first-order valence-electron chi connectivity index (χ1n) is 4.24. The largest absolute Gasteiger partial charge is 0.278 e. The summed E-state index contributed by atoms with van der Waals surface area (Å²) in [5.74, 6) is 0. The second kappa shape index (κ2) is 3.72. The quantitative estimate of drug-likeness (QED) is 0.759. The highest BCUT2D eigenvalue weighted by Gasteiger charge is 2.23. The topological polar surface area (TPSA) is 47.0 Å². The van der Waals surface area contributed by atoms with E-state index in [4.69, 9.17) is 10.7 Å². The van der Waals surface area contributed by atoms with Crippen LogP contribution < -0.4 is 0 Å². The van der Waals surface area contributed by atoms with E-state index in [1.165, 1.54) is 26.0 Å². The third-order valence-corrected chi connectivity index (χ3v) is 3.15. The predicted octanol–water partition coefficient (Wildman–Crippen LogP) is 2.52. The SMILES string of the molecule is Cc1nc(S(=O)(=O)Cl)ccc1C(C)(C)F. The summed E-state index contributed by atoms with van der Waals surface area (Å²) in [6.45, 7) is 4.31. The van der Waals surface area contributed by atoms with Crippen LogP contribution in [0.5, 0.6) is 0 Å². The number of aromatic nitrogens is 1. The highest BCUT2D eigenvalue weighted by Crippen LogP contribution is 2.27. The van der Waals surface area contributed by atoms with E-state index in [1.807, 2.05) is 0 Å². The fourth-order valence-electron chi connectivity index (χ4n) is 1.30. The Hall–Kier alpha value is -0.680. The highest BCUT2D eigenvalue weighted by molar-refractivity contribution is 8.13. The molecule has 0 amide bonds. The lowest BCUT2D eigenvalue weighted by Crippen LogP contribution is -2.13. The van der Waals surface area contributed by atoms with Crippen LogP contribution in [0.4, 0.5) is 4.39 Å². The van der Waals surface area contributed by atoms with Crippen molar-refractivity contribution >= 4 is 19.7 Å². The van der Waals surface area contributed by atoms with Crippen LogP contribution in [0.1, 0.15) is 25.1 Å². The van der Waals surface area contributed by atoms with Gasteiger partial charge in [0.25, 0.3) is 9.05 Å². The van der Waals surface area contributed by atoms with E-state index < -0.39 is 14.7 Å². The van der Waals surface area contributed by atoms with E-state index in [2.05, 4.69) is 4.98 Å². The second-order valence-electron chi connectivity index (χ2n) is 3.69. The molecule has 1 rings (SSSR count). The van der Waals surface area contributed by atoms with Crippen LogP contribution in [0, 0.1) is 6.92 Å². The zero-order chi connectivity index (χ0) is 11.9. The number of aryl methyl sites for hydroxylation is 1. The summed E-state index contributed by atoms with van der Waals surface area (Å²) in [5.41, 5.74) is -0.873. The van der Waals surface area contributed by atoms with Crippen molar-refractivity contribution in [3.63, 3.8) is 0 Å². The molecule has 0 saturated heterocycles. The van der Waals surface area contributed by atoms with E-state index in [1.54, 1.807) is 6.92 Å². The first-order valence-corrected chi connectivity index (χ1v) is 6.55. The third-order valence-electron chi connectivity index (χ3n) is 1.95. The minimum absolute atomic E-state index is 0.255. The maximum atomic E-state index is 13.6. The maximum Gasteiger partial charge on any atom is 0.278 e. The molecule has 0 radical (unpaired) electrons. The Morgan fingerprint density at radius 3 is 2.27 bits per heavy atom. The van der Waals surface area contributed by atoms with Crippen LogP contribution in [0.15, 0.2) is 17.2 Å². The van der Waals surface area contributed by atoms with E-state index in [0.717, 1.165) is 0 Å². The molecule has 0 aliphatic rings. The molecule has 0 saturated carbocycles. The smallest absolute Gasteiger partial charge is 0.240 e. The Bertz CT molecular complexity index is 479. The Morgan fingerprint density at radius 2 is 1.93 bits per heavy atom. The summed E-state index contributed by atoms with van der Waals surface area (Å²) in [6.07, 6.45) is 0. The maximum absolute atomic E-state index is 13.6. The van der Waals surface area contributed by atoms with Gasteiger partial charge in [-0.05, 0) is 26.8 Å². The summed E-state index contributed by atoms with van der Waals surface area (Å²) in [6, 6.07) is 2.59. The van der Waals surface area contributed by atoms with Gasteiger partial charge in [-0.3, -0.25) is 0 Å². The van der Waals surface area contributed by atoms with Gasteiger partial charge in [0.2, 0.25) is 0 Å². The fraction of sp³-hybridized carbons (Fsp3) is 0.444. The molecule has 1 aromatic heterocycles. The fourth-order valence-corrected chi connectivity index (χ4v) is 2.04. The summed E-state index contributed by atoms with van der Waals surface area (Å²) in [4.78, 5) is 3.75. The Kier molecular flexibility index (Phi) is 3.07. The van der Waals surface area contributed by atoms with Gasteiger partial charge in [0.05, 0.1) is 0 Å². The summed E-state index contributed by atoms with van der Waals surface area (Å²) < 4.78 is 35.5. The predicted molar refractivity (Wildman–Crippen MR) is 56.1 cm³/mol. The number of pyridine rings is 1. The minimum atomic E-state index is -3.85. The monoisotopic (exact) mass is 251 g/mol. The Morgan fingerprint density at radius 1 is 1.40 bits per heavy atom. The van der Waals surface area contributed by atoms with E-state index >= 15 is 0 Å². The van der Waals surface area contributed by atoms with Gasteiger partial charge in [-0.2, -0.15) is 0 Å². The van der Waals surface area contributed by atoms with Gasteiger partial charge in [0.1, 0.15) is 5.67 Å². The van der Waals surface area contributed by atoms with Crippen molar-refractivity contribution < 1.29 is 12.8 Å². The van der Waals surface area contributed by atoms with Gasteiger partial charge in [0, 0.05) is 21.9 Å². The van der Waals surface area contributed by atoms with Gasteiger partial charge in [-0.1, -0.05) is 6.07 Å². The molecular formula is C9H11ClFNO2S. The molecule has 0 atom stereocenters. The number of rotatable bonds is 2. The lowest BCUT2D eigenvalue weighted by atomic mass is 9.99. The van der Waals surface area contributed by atoms with Crippen LogP contribution in [-0.2, 0) is 14.7 Å². The van der Waals surface area contributed by atoms with Crippen molar-refractivity contribution in [3.05, 3.63) is 23.4 Å². The number of alkyl halides is 1. The van der Waals surface area contributed by atoms with Gasteiger partial charge in [0.15, 0.2) is 5.03 Å². The average Bonchev–Trinajstić information content (AvgIpc) is 1.99. The standard InChI is InChI=1S/C9H11ClFNO2S/c1-6-7(9(2,3)11)4-5-8(12-6)15(10,13)14/h4-5H,1-3H3. The van der Waals surface area contributed by atoms with Crippen molar-refractivity contribution in [1.29, 1.82) is 0 Å². The number of halogens is 2. The van der Waals surface area contributed by atoms with E-state index in [0.29, 0.717) is 11.3 Å².